The summed E-state index contributed by atoms with van der Waals surface area (Å²) >= 11 is 0. The molecular weight excluding hydrogens is 264 g/mol. The summed E-state index contributed by atoms with van der Waals surface area (Å²) in [6, 6.07) is 10.4. The van der Waals surface area contributed by atoms with Crippen molar-refractivity contribution < 1.29 is 9.90 Å². The van der Waals surface area contributed by atoms with Crippen LogP contribution in [0.4, 0.5) is 0 Å². The first kappa shape index (κ1) is 16.0. The van der Waals surface area contributed by atoms with E-state index in [1.165, 1.54) is 0 Å². The molecule has 2 rings (SSSR count). The molecule has 0 radical (unpaired) electrons. The Balaban J connectivity index is 1.91. The highest BCUT2D eigenvalue weighted by Crippen LogP contribution is 2.22. The Morgan fingerprint density at radius 2 is 2.10 bits per heavy atom. The second kappa shape index (κ2) is 7.57. The number of aliphatic hydroxyl groups is 1. The number of benzene rings is 1. The van der Waals surface area contributed by atoms with Gasteiger partial charge in [0, 0.05) is 12.1 Å². The van der Waals surface area contributed by atoms with Crippen molar-refractivity contribution in [2.24, 2.45) is 0 Å². The summed E-state index contributed by atoms with van der Waals surface area (Å²) in [4.78, 5) is 14.4. The van der Waals surface area contributed by atoms with Crippen molar-refractivity contribution >= 4 is 5.91 Å². The van der Waals surface area contributed by atoms with E-state index in [2.05, 4.69) is 17.1 Å². The molecule has 1 saturated heterocycles. The first-order chi connectivity index (χ1) is 10.1. The molecule has 4 heteroatoms. The van der Waals surface area contributed by atoms with E-state index in [0.29, 0.717) is 12.6 Å². The summed E-state index contributed by atoms with van der Waals surface area (Å²) in [6.07, 6.45) is 3.20. The lowest BCUT2D eigenvalue weighted by Crippen LogP contribution is -2.51. The molecule has 1 aromatic carbocycles. The molecule has 1 aliphatic heterocycles. The third-order valence-electron chi connectivity index (χ3n) is 4.41. The van der Waals surface area contributed by atoms with Crippen molar-refractivity contribution in [3.63, 3.8) is 0 Å². The lowest BCUT2D eigenvalue weighted by Gasteiger charge is -2.39. The molecule has 21 heavy (non-hydrogen) atoms. The number of aliphatic hydroxyl groups excluding tert-OH is 1. The minimum Gasteiger partial charge on any atom is -0.395 e. The number of hydrogen-bond acceptors (Lipinski definition) is 3. The van der Waals surface area contributed by atoms with E-state index in [1.54, 1.807) is 0 Å². The number of piperidine rings is 1. The smallest absolute Gasteiger partial charge is 0.234 e. The van der Waals surface area contributed by atoms with Crippen molar-refractivity contribution in [2.75, 3.05) is 13.2 Å². The number of hydrogen-bond donors (Lipinski definition) is 2. The van der Waals surface area contributed by atoms with Gasteiger partial charge in [-0.2, -0.15) is 0 Å². The van der Waals surface area contributed by atoms with Gasteiger partial charge in [-0.15, -0.1) is 0 Å². The van der Waals surface area contributed by atoms with Crippen molar-refractivity contribution in [2.45, 2.75) is 51.2 Å². The molecule has 116 valence electrons. The van der Waals surface area contributed by atoms with E-state index in [1.807, 2.05) is 37.3 Å². The lowest BCUT2D eigenvalue weighted by atomic mass is 9.97. The van der Waals surface area contributed by atoms with E-state index in [0.717, 1.165) is 24.8 Å². The van der Waals surface area contributed by atoms with Gasteiger partial charge in [0.15, 0.2) is 0 Å². The molecule has 3 atom stereocenters. The number of carbonyl (C=O) groups is 1. The molecule has 0 aromatic heterocycles. The highest BCUT2D eigenvalue weighted by atomic mass is 16.3. The van der Waals surface area contributed by atoms with Gasteiger partial charge >= 0.3 is 0 Å². The molecule has 0 spiro atoms. The maximum Gasteiger partial charge on any atom is 0.234 e. The largest absolute Gasteiger partial charge is 0.395 e. The average Bonchev–Trinajstić information content (AvgIpc) is 2.50. The van der Waals surface area contributed by atoms with Crippen LogP contribution in [0.3, 0.4) is 0 Å². The summed E-state index contributed by atoms with van der Waals surface area (Å²) in [5.41, 5.74) is 1.11. The fourth-order valence-electron chi connectivity index (χ4n) is 3.10. The normalized spacial score (nSPS) is 24.5. The summed E-state index contributed by atoms with van der Waals surface area (Å²) in [6.45, 7) is 4.63. The van der Waals surface area contributed by atoms with Crippen LogP contribution in [0, 0.1) is 0 Å². The predicted octanol–water partition coefficient (Wildman–Crippen LogP) is 2.10. The molecule has 1 aromatic rings. The molecule has 2 N–H and O–H groups in total. The first-order valence-corrected chi connectivity index (χ1v) is 7.82. The summed E-state index contributed by atoms with van der Waals surface area (Å²) in [5, 5.41) is 12.5. The highest BCUT2D eigenvalue weighted by Gasteiger charge is 2.29. The topological polar surface area (TPSA) is 52.6 Å². The van der Waals surface area contributed by atoms with Gasteiger partial charge in [-0.1, -0.05) is 36.8 Å². The maximum atomic E-state index is 12.3. The van der Waals surface area contributed by atoms with Crippen molar-refractivity contribution in [3.05, 3.63) is 35.9 Å². The zero-order valence-electron chi connectivity index (χ0n) is 13.0. The van der Waals surface area contributed by atoms with Crippen molar-refractivity contribution in [1.29, 1.82) is 0 Å². The van der Waals surface area contributed by atoms with Crippen LogP contribution in [0.2, 0.25) is 0 Å². The van der Waals surface area contributed by atoms with E-state index in [4.69, 9.17) is 0 Å². The second-order valence-corrected chi connectivity index (χ2v) is 5.99. The number of nitrogens with one attached hydrogen (secondary N) is 1. The molecule has 0 aliphatic carbocycles. The van der Waals surface area contributed by atoms with Crippen LogP contribution >= 0.6 is 0 Å². The third-order valence-corrected chi connectivity index (χ3v) is 4.41. The number of likely N-dealkylation sites (tertiary alicyclic amines) is 1. The van der Waals surface area contributed by atoms with Crippen LogP contribution in [0.5, 0.6) is 0 Å². The molecule has 4 nitrogen and oxygen atoms in total. The Kier molecular flexibility index (Phi) is 5.76. The predicted molar refractivity (Wildman–Crippen MR) is 83.9 cm³/mol. The third kappa shape index (κ3) is 4.29. The molecular formula is C17H26N2O2. The summed E-state index contributed by atoms with van der Waals surface area (Å²) in [5.74, 6) is 0.0264. The van der Waals surface area contributed by atoms with Crippen molar-refractivity contribution in [1.82, 2.24) is 10.2 Å². The molecule has 1 amide bonds. The average molecular weight is 290 g/mol. The molecule has 1 heterocycles. The molecule has 1 aliphatic rings. The van der Waals surface area contributed by atoms with E-state index >= 15 is 0 Å². The Hall–Kier alpha value is -1.39. The van der Waals surface area contributed by atoms with Gasteiger partial charge in [0.05, 0.1) is 19.2 Å². The monoisotopic (exact) mass is 290 g/mol. The van der Waals surface area contributed by atoms with Gasteiger partial charge in [-0.3, -0.25) is 9.69 Å². The Morgan fingerprint density at radius 3 is 2.76 bits per heavy atom. The minimum absolute atomic E-state index is 0.00590. The molecule has 0 bridgehead atoms. The van der Waals surface area contributed by atoms with Gasteiger partial charge < -0.3 is 10.4 Å². The van der Waals surface area contributed by atoms with Crippen LogP contribution in [-0.2, 0) is 4.79 Å². The maximum absolute atomic E-state index is 12.3. The van der Waals surface area contributed by atoms with Gasteiger partial charge in [0.25, 0.3) is 0 Å². The molecule has 1 fully saturated rings. The SMILES string of the molecule is CC(NC(=O)CN1C(C)CCCC1CO)c1ccccc1. The second-order valence-electron chi connectivity index (χ2n) is 5.99. The van der Waals surface area contributed by atoms with Gasteiger partial charge in [-0.25, -0.2) is 0 Å². The Bertz CT molecular complexity index is 449. The molecule has 0 saturated carbocycles. The van der Waals surface area contributed by atoms with Crippen LogP contribution < -0.4 is 5.32 Å². The highest BCUT2D eigenvalue weighted by molar-refractivity contribution is 5.78. The Labute approximate surface area is 127 Å². The number of carbonyl (C=O) groups excluding carboxylic acids is 1. The number of nitrogens with zero attached hydrogens (tertiary/aromatic N) is 1. The Morgan fingerprint density at radius 1 is 1.38 bits per heavy atom. The van der Waals surface area contributed by atoms with Gasteiger partial charge in [-0.05, 0) is 32.3 Å². The van der Waals surface area contributed by atoms with E-state index in [-0.39, 0.29) is 24.6 Å². The van der Waals surface area contributed by atoms with Gasteiger partial charge in [0.2, 0.25) is 5.91 Å². The van der Waals surface area contributed by atoms with Crippen LogP contribution in [0.1, 0.15) is 44.7 Å². The number of rotatable bonds is 5. The van der Waals surface area contributed by atoms with E-state index < -0.39 is 0 Å². The zero-order valence-corrected chi connectivity index (χ0v) is 13.0. The minimum atomic E-state index is 0.00590. The lowest BCUT2D eigenvalue weighted by molar-refractivity contribution is -0.125. The van der Waals surface area contributed by atoms with Gasteiger partial charge in [0.1, 0.15) is 0 Å². The van der Waals surface area contributed by atoms with Crippen LogP contribution in [0.15, 0.2) is 30.3 Å². The van der Waals surface area contributed by atoms with E-state index in [9.17, 15) is 9.90 Å². The first-order valence-electron chi connectivity index (χ1n) is 7.82. The fourth-order valence-corrected chi connectivity index (χ4v) is 3.10. The fraction of sp³-hybridized carbons (Fsp3) is 0.588. The quantitative estimate of drug-likeness (QED) is 0.873. The molecule has 3 unspecified atom stereocenters. The van der Waals surface area contributed by atoms with Crippen molar-refractivity contribution in [3.8, 4) is 0 Å². The number of amides is 1. The van der Waals surface area contributed by atoms with Crippen LogP contribution in [0.25, 0.3) is 0 Å². The standard InChI is InChI=1S/C17H26N2O2/c1-13-7-6-10-16(12-20)19(13)11-17(21)18-14(2)15-8-4-3-5-9-15/h3-5,8-9,13-14,16,20H,6-7,10-12H2,1-2H3,(H,18,21). The van der Waals surface area contributed by atoms with Crippen LogP contribution in [-0.4, -0.2) is 41.1 Å². The summed E-state index contributed by atoms with van der Waals surface area (Å²) < 4.78 is 0. The summed E-state index contributed by atoms with van der Waals surface area (Å²) in [7, 11) is 0. The zero-order chi connectivity index (χ0) is 15.2.